The summed E-state index contributed by atoms with van der Waals surface area (Å²) >= 11 is 0. The highest BCUT2D eigenvalue weighted by Gasteiger charge is 2.38. The quantitative estimate of drug-likeness (QED) is 0.860. The van der Waals surface area contributed by atoms with Gasteiger partial charge in [0.1, 0.15) is 0 Å². The number of aromatic nitrogens is 2. The second-order valence-electron chi connectivity index (χ2n) is 5.89. The van der Waals surface area contributed by atoms with E-state index in [1.165, 1.54) is 0 Å². The molecule has 0 saturated carbocycles. The van der Waals surface area contributed by atoms with Crippen molar-refractivity contribution in [3.8, 4) is 0 Å². The van der Waals surface area contributed by atoms with Crippen molar-refractivity contribution in [1.82, 2.24) is 15.0 Å². The summed E-state index contributed by atoms with van der Waals surface area (Å²) in [4.78, 5) is 17.8. The van der Waals surface area contributed by atoms with Crippen LogP contribution in [0, 0.1) is 5.41 Å². The number of hydrogen-bond donors (Lipinski definition) is 1. The standard InChI is InChI=1S/C14H23N3O3/c1-3-4-6-11-15-12(20-16-11)9-17-8-5-7-14(2,10-17)13(18)19/h3-10H2,1-2H3,(H,18,19). The highest BCUT2D eigenvalue weighted by molar-refractivity contribution is 5.74. The van der Waals surface area contributed by atoms with Crippen LogP contribution < -0.4 is 0 Å². The Hall–Kier alpha value is -1.43. The molecule has 6 heteroatoms. The van der Waals surface area contributed by atoms with Crippen LogP contribution >= 0.6 is 0 Å². The zero-order chi connectivity index (χ0) is 14.6. The number of hydrogen-bond acceptors (Lipinski definition) is 5. The van der Waals surface area contributed by atoms with Gasteiger partial charge < -0.3 is 9.63 Å². The van der Waals surface area contributed by atoms with Crippen LogP contribution in [0.15, 0.2) is 4.52 Å². The monoisotopic (exact) mass is 281 g/mol. The smallest absolute Gasteiger partial charge is 0.310 e. The lowest BCUT2D eigenvalue weighted by molar-refractivity contribution is -0.151. The van der Waals surface area contributed by atoms with Crippen LogP contribution in [0.5, 0.6) is 0 Å². The fourth-order valence-corrected chi connectivity index (χ4v) is 2.64. The van der Waals surface area contributed by atoms with Gasteiger partial charge in [0, 0.05) is 13.0 Å². The Kier molecular flexibility index (Phi) is 4.75. The van der Waals surface area contributed by atoms with Crippen LogP contribution in [0.1, 0.15) is 51.2 Å². The van der Waals surface area contributed by atoms with Crippen LogP contribution in [0.3, 0.4) is 0 Å². The number of aliphatic carboxylic acids is 1. The Morgan fingerprint density at radius 1 is 1.55 bits per heavy atom. The first-order valence-corrected chi connectivity index (χ1v) is 7.31. The molecule has 1 aliphatic rings. The van der Waals surface area contributed by atoms with Crippen molar-refractivity contribution in [2.75, 3.05) is 13.1 Å². The lowest BCUT2D eigenvalue weighted by Crippen LogP contribution is -2.45. The van der Waals surface area contributed by atoms with Crippen LogP contribution in [-0.2, 0) is 17.8 Å². The summed E-state index contributed by atoms with van der Waals surface area (Å²) in [7, 11) is 0. The van der Waals surface area contributed by atoms with Gasteiger partial charge in [-0.2, -0.15) is 4.98 Å². The molecule has 1 aromatic rings. The third kappa shape index (κ3) is 3.56. The number of carboxylic acids is 1. The lowest BCUT2D eigenvalue weighted by atomic mass is 9.82. The summed E-state index contributed by atoms with van der Waals surface area (Å²) in [6.45, 7) is 5.90. The molecule has 0 spiro atoms. The molecule has 0 amide bonds. The van der Waals surface area contributed by atoms with E-state index in [4.69, 9.17) is 4.52 Å². The number of nitrogens with zero attached hydrogens (tertiary/aromatic N) is 3. The first kappa shape index (κ1) is 15.0. The first-order chi connectivity index (χ1) is 9.53. The molecular weight excluding hydrogens is 258 g/mol. The molecule has 1 aliphatic heterocycles. The van der Waals surface area contributed by atoms with E-state index in [9.17, 15) is 9.90 Å². The average Bonchev–Trinajstić information content (AvgIpc) is 2.84. The van der Waals surface area contributed by atoms with Gasteiger partial charge in [-0.25, -0.2) is 0 Å². The molecule has 6 nitrogen and oxygen atoms in total. The highest BCUT2D eigenvalue weighted by Crippen LogP contribution is 2.30. The Labute approximate surface area is 119 Å². The predicted octanol–water partition coefficient (Wildman–Crippen LogP) is 2.10. The van der Waals surface area contributed by atoms with Crippen molar-refractivity contribution in [2.24, 2.45) is 5.41 Å². The Bertz CT molecular complexity index is 460. The minimum atomic E-state index is -0.726. The molecule has 1 saturated heterocycles. The normalized spacial score (nSPS) is 23.9. The third-order valence-electron chi connectivity index (χ3n) is 3.91. The minimum absolute atomic E-state index is 0.537. The molecule has 112 valence electrons. The van der Waals surface area contributed by atoms with E-state index >= 15 is 0 Å². The number of rotatable bonds is 6. The molecule has 1 atom stereocenters. The van der Waals surface area contributed by atoms with Gasteiger partial charge in [0.05, 0.1) is 12.0 Å². The number of likely N-dealkylation sites (tertiary alicyclic amines) is 1. The maximum absolute atomic E-state index is 11.3. The summed E-state index contributed by atoms with van der Waals surface area (Å²) in [6.07, 6.45) is 4.61. The summed E-state index contributed by atoms with van der Waals surface area (Å²) < 4.78 is 5.24. The van der Waals surface area contributed by atoms with Gasteiger partial charge in [0.15, 0.2) is 5.82 Å². The first-order valence-electron chi connectivity index (χ1n) is 7.31. The Balaban J connectivity index is 1.92. The van der Waals surface area contributed by atoms with Gasteiger partial charge in [-0.3, -0.25) is 9.69 Å². The molecule has 0 aromatic carbocycles. The predicted molar refractivity (Wildman–Crippen MR) is 73.2 cm³/mol. The second-order valence-corrected chi connectivity index (χ2v) is 5.89. The molecule has 0 radical (unpaired) electrons. The van der Waals surface area contributed by atoms with Crippen LogP contribution in [0.25, 0.3) is 0 Å². The van der Waals surface area contributed by atoms with Crippen molar-refractivity contribution in [1.29, 1.82) is 0 Å². The van der Waals surface area contributed by atoms with Crippen LogP contribution in [0.4, 0.5) is 0 Å². The molecular formula is C14H23N3O3. The zero-order valence-electron chi connectivity index (χ0n) is 12.3. The Morgan fingerprint density at radius 2 is 2.35 bits per heavy atom. The summed E-state index contributed by atoms with van der Waals surface area (Å²) in [5.41, 5.74) is -0.663. The van der Waals surface area contributed by atoms with Gasteiger partial charge in [0.25, 0.3) is 0 Å². The summed E-state index contributed by atoms with van der Waals surface area (Å²) in [6, 6.07) is 0. The SMILES string of the molecule is CCCCc1noc(CN2CCCC(C)(C(=O)O)C2)n1. The zero-order valence-corrected chi connectivity index (χ0v) is 12.3. The van der Waals surface area contributed by atoms with E-state index in [-0.39, 0.29) is 0 Å². The number of carbonyl (C=O) groups is 1. The second kappa shape index (κ2) is 6.35. The molecule has 0 bridgehead atoms. The molecule has 1 fully saturated rings. The third-order valence-corrected chi connectivity index (χ3v) is 3.91. The van der Waals surface area contributed by atoms with Crippen molar-refractivity contribution in [3.63, 3.8) is 0 Å². The van der Waals surface area contributed by atoms with E-state index < -0.39 is 11.4 Å². The average molecular weight is 281 g/mol. The van der Waals surface area contributed by atoms with Gasteiger partial charge in [-0.1, -0.05) is 18.5 Å². The molecule has 1 unspecified atom stereocenters. The van der Waals surface area contributed by atoms with Crippen molar-refractivity contribution in [3.05, 3.63) is 11.7 Å². The molecule has 0 aliphatic carbocycles. The van der Waals surface area contributed by atoms with Gasteiger partial charge in [0.2, 0.25) is 5.89 Å². The van der Waals surface area contributed by atoms with E-state index in [0.717, 1.165) is 44.5 Å². The summed E-state index contributed by atoms with van der Waals surface area (Å²) in [5.74, 6) is 0.613. The number of piperidine rings is 1. The Morgan fingerprint density at radius 3 is 3.05 bits per heavy atom. The molecule has 1 aromatic heterocycles. The number of carboxylic acid groups (broad SMARTS) is 1. The lowest BCUT2D eigenvalue weighted by Gasteiger charge is -2.36. The topological polar surface area (TPSA) is 79.5 Å². The molecule has 2 rings (SSSR count). The van der Waals surface area contributed by atoms with E-state index in [1.807, 2.05) is 6.92 Å². The molecule has 20 heavy (non-hydrogen) atoms. The fraction of sp³-hybridized carbons (Fsp3) is 0.786. The fourth-order valence-electron chi connectivity index (χ4n) is 2.64. The van der Waals surface area contributed by atoms with E-state index in [0.29, 0.717) is 19.0 Å². The van der Waals surface area contributed by atoms with Gasteiger partial charge in [-0.15, -0.1) is 0 Å². The number of unbranched alkanes of at least 4 members (excludes halogenated alkanes) is 1. The minimum Gasteiger partial charge on any atom is -0.481 e. The molecule has 1 N–H and O–H groups in total. The number of aryl methyl sites for hydroxylation is 1. The highest BCUT2D eigenvalue weighted by atomic mass is 16.5. The van der Waals surface area contributed by atoms with Crippen molar-refractivity contribution in [2.45, 2.75) is 52.5 Å². The van der Waals surface area contributed by atoms with E-state index in [2.05, 4.69) is 22.0 Å². The van der Waals surface area contributed by atoms with Crippen LogP contribution in [-0.4, -0.2) is 39.2 Å². The van der Waals surface area contributed by atoms with E-state index in [1.54, 1.807) is 0 Å². The van der Waals surface area contributed by atoms with Gasteiger partial charge >= 0.3 is 5.97 Å². The van der Waals surface area contributed by atoms with Crippen LogP contribution in [0.2, 0.25) is 0 Å². The largest absolute Gasteiger partial charge is 0.481 e. The van der Waals surface area contributed by atoms with Crippen molar-refractivity contribution >= 4 is 5.97 Å². The van der Waals surface area contributed by atoms with Crippen molar-refractivity contribution < 1.29 is 14.4 Å². The maximum atomic E-state index is 11.3. The maximum Gasteiger partial charge on any atom is 0.310 e. The van der Waals surface area contributed by atoms with Gasteiger partial charge in [-0.05, 0) is 32.7 Å². The summed E-state index contributed by atoms with van der Waals surface area (Å²) in [5, 5.41) is 13.3. The molecule has 2 heterocycles.